The van der Waals surface area contributed by atoms with E-state index in [1.165, 1.54) is 0 Å². The van der Waals surface area contributed by atoms with Crippen molar-refractivity contribution in [2.75, 3.05) is 0 Å². The maximum absolute atomic E-state index is 11.8. The van der Waals surface area contributed by atoms with Crippen LogP contribution >= 0.6 is 0 Å². The van der Waals surface area contributed by atoms with Gasteiger partial charge in [-0.3, -0.25) is 0 Å². The van der Waals surface area contributed by atoms with E-state index < -0.39 is 12.0 Å². The molecule has 2 rings (SSSR count). The molecule has 5 heteroatoms. The molecule has 2 aliphatic carbocycles. The Balaban J connectivity index is 1.85. The number of hydrogen-bond donors (Lipinski definition) is 3. The summed E-state index contributed by atoms with van der Waals surface area (Å²) in [5.41, 5.74) is -0.0866. The van der Waals surface area contributed by atoms with Crippen molar-refractivity contribution < 1.29 is 14.7 Å². The normalized spacial score (nSPS) is 23.4. The third kappa shape index (κ3) is 2.70. The van der Waals surface area contributed by atoms with Crippen molar-refractivity contribution in [3.63, 3.8) is 0 Å². The molecule has 2 amide bonds. The summed E-state index contributed by atoms with van der Waals surface area (Å²) in [5, 5.41) is 14.5. The van der Waals surface area contributed by atoms with Crippen LogP contribution in [0.2, 0.25) is 0 Å². The average molecular weight is 240 g/mol. The summed E-state index contributed by atoms with van der Waals surface area (Å²) < 4.78 is 0. The van der Waals surface area contributed by atoms with Gasteiger partial charge < -0.3 is 15.7 Å². The second-order valence-corrected chi connectivity index (χ2v) is 5.24. The van der Waals surface area contributed by atoms with Crippen LogP contribution in [0.5, 0.6) is 0 Å². The van der Waals surface area contributed by atoms with Crippen molar-refractivity contribution in [3.8, 4) is 0 Å². The molecule has 0 saturated heterocycles. The predicted octanol–water partition coefficient (Wildman–Crippen LogP) is 1.48. The number of urea groups is 1. The van der Waals surface area contributed by atoms with Crippen LogP contribution in [0.1, 0.15) is 45.4 Å². The number of aliphatic carboxylic acids is 1. The lowest BCUT2D eigenvalue weighted by molar-refractivity contribution is -0.139. The Morgan fingerprint density at radius 2 is 2.06 bits per heavy atom. The highest BCUT2D eigenvalue weighted by Crippen LogP contribution is 2.35. The second kappa shape index (κ2) is 4.55. The van der Waals surface area contributed by atoms with Crippen LogP contribution in [0.15, 0.2) is 0 Å². The van der Waals surface area contributed by atoms with Crippen molar-refractivity contribution >= 4 is 12.0 Å². The Hall–Kier alpha value is -1.26. The van der Waals surface area contributed by atoms with E-state index in [-0.39, 0.29) is 17.5 Å². The molecule has 0 radical (unpaired) electrons. The zero-order valence-corrected chi connectivity index (χ0v) is 10.2. The fraction of sp³-hybridized carbons (Fsp3) is 0.833. The monoisotopic (exact) mass is 240 g/mol. The first-order valence-corrected chi connectivity index (χ1v) is 6.38. The molecule has 17 heavy (non-hydrogen) atoms. The lowest BCUT2D eigenvalue weighted by Gasteiger charge is -2.42. The zero-order chi connectivity index (χ0) is 12.5. The Bertz CT molecular complexity index is 316. The molecule has 2 saturated carbocycles. The van der Waals surface area contributed by atoms with Gasteiger partial charge in [-0.15, -0.1) is 0 Å². The van der Waals surface area contributed by atoms with Gasteiger partial charge >= 0.3 is 12.0 Å². The third-order valence-corrected chi connectivity index (χ3v) is 4.01. The molecule has 0 heterocycles. The minimum absolute atomic E-state index is 0.0866. The lowest BCUT2D eigenvalue weighted by Crippen LogP contribution is -2.58. The first kappa shape index (κ1) is 12.2. The van der Waals surface area contributed by atoms with E-state index >= 15 is 0 Å². The highest BCUT2D eigenvalue weighted by Gasteiger charge is 2.40. The lowest BCUT2D eigenvalue weighted by atomic mass is 9.75. The Labute approximate surface area is 101 Å². The zero-order valence-electron chi connectivity index (χ0n) is 10.2. The number of carbonyl (C=O) groups excluding carboxylic acids is 1. The van der Waals surface area contributed by atoms with Crippen LogP contribution in [0.3, 0.4) is 0 Å². The maximum Gasteiger partial charge on any atom is 0.326 e. The van der Waals surface area contributed by atoms with Crippen LogP contribution in [0, 0.1) is 5.92 Å². The highest BCUT2D eigenvalue weighted by atomic mass is 16.4. The molecule has 0 aromatic rings. The van der Waals surface area contributed by atoms with Crippen LogP contribution in [-0.4, -0.2) is 28.7 Å². The quantitative estimate of drug-likeness (QED) is 0.681. The molecule has 0 aromatic heterocycles. The van der Waals surface area contributed by atoms with Crippen LogP contribution in [0.4, 0.5) is 4.79 Å². The van der Waals surface area contributed by atoms with Gasteiger partial charge in [0.25, 0.3) is 0 Å². The highest BCUT2D eigenvalue weighted by molar-refractivity contribution is 5.83. The SMILES string of the molecule is CCC1(NC(=O)NC(C(=O)O)C2CC2)CCC1. The summed E-state index contributed by atoms with van der Waals surface area (Å²) in [6.45, 7) is 2.05. The molecule has 0 aromatic carbocycles. The fourth-order valence-corrected chi connectivity index (χ4v) is 2.40. The van der Waals surface area contributed by atoms with Crippen molar-refractivity contribution in [2.45, 2.75) is 57.0 Å². The van der Waals surface area contributed by atoms with E-state index in [9.17, 15) is 9.59 Å². The number of amides is 2. The summed E-state index contributed by atoms with van der Waals surface area (Å²) in [5.74, 6) is -0.806. The Morgan fingerprint density at radius 3 is 2.41 bits per heavy atom. The predicted molar refractivity (Wildman–Crippen MR) is 62.7 cm³/mol. The van der Waals surface area contributed by atoms with Gasteiger partial charge in [0.05, 0.1) is 0 Å². The van der Waals surface area contributed by atoms with Gasteiger partial charge in [-0.05, 0) is 44.4 Å². The molecule has 0 spiro atoms. The second-order valence-electron chi connectivity index (χ2n) is 5.24. The number of carbonyl (C=O) groups is 2. The van der Waals surface area contributed by atoms with Crippen molar-refractivity contribution in [1.82, 2.24) is 10.6 Å². The molecular weight excluding hydrogens is 220 g/mol. The molecule has 96 valence electrons. The van der Waals surface area contributed by atoms with Crippen molar-refractivity contribution in [3.05, 3.63) is 0 Å². The van der Waals surface area contributed by atoms with E-state index in [2.05, 4.69) is 17.6 Å². The molecule has 3 N–H and O–H groups in total. The van der Waals surface area contributed by atoms with E-state index in [1.807, 2.05) is 0 Å². The van der Waals surface area contributed by atoms with Gasteiger partial charge in [-0.2, -0.15) is 0 Å². The molecule has 1 atom stereocenters. The van der Waals surface area contributed by atoms with Crippen molar-refractivity contribution in [1.29, 1.82) is 0 Å². The average Bonchev–Trinajstić information content (AvgIpc) is 3.03. The maximum atomic E-state index is 11.8. The molecule has 5 nitrogen and oxygen atoms in total. The van der Waals surface area contributed by atoms with E-state index in [0.29, 0.717) is 0 Å². The first-order chi connectivity index (χ1) is 8.06. The molecule has 2 aliphatic rings. The largest absolute Gasteiger partial charge is 0.480 e. The molecule has 0 aliphatic heterocycles. The van der Waals surface area contributed by atoms with Gasteiger partial charge in [-0.1, -0.05) is 6.92 Å². The van der Waals surface area contributed by atoms with Gasteiger partial charge in [0.2, 0.25) is 0 Å². The summed E-state index contributed by atoms with van der Waals surface area (Å²) in [6.07, 6.45) is 5.84. The minimum Gasteiger partial charge on any atom is -0.480 e. The van der Waals surface area contributed by atoms with Gasteiger partial charge in [0.1, 0.15) is 6.04 Å². The number of rotatable bonds is 5. The van der Waals surface area contributed by atoms with Gasteiger partial charge in [0, 0.05) is 5.54 Å². The molecule has 0 bridgehead atoms. The number of carboxylic acids is 1. The summed E-state index contributed by atoms with van der Waals surface area (Å²) >= 11 is 0. The number of hydrogen-bond acceptors (Lipinski definition) is 2. The minimum atomic E-state index is -0.929. The topological polar surface area (TPSA) is 78.4 Å². The summed E-state index contributed by atoms with van der Waals surface area (Å²) in [6, 6.07) is -1.05. The number of nitrogens with one attached hydrogen (secondary N) is 2. The Kier molecular flexibility index (Phi) is 3.26. The van der Waals surface area contributed by atoms with E-state index in [1.54, 1.807) is 0 Å². The summed E-state index contributed by atoms with van der Waals surface area (Å²) in [4.78, 5) is 22.8. The fourth-order valence-electron chi connectivity index (χ4n) is 2.40. The van der Waals surface area contributed by atoms with Gasteiger partial charge in [0.15, 0.2) is 0 Å². The summed E-state index contributed by atoms with van der Waals surface area (Å²) in [7, 11) is 0. The molecule has 1 unspecified atom stereocenters. The van der Waals surface area contributed by atoms with Crippen LogP contribution in [0.25, 0.3) is 0 Å². The van der Waals surface area contributed by atoms with Crippen LogP contribution in [-0.2, 0) is 4.79 Å². The smallest absolute Gasteiger partial charge is 0.326 e. The molecule has 2 fully saturated rings. The first-order valence-electron chi connectivity index (χ1n) is 6.38. The van der Waals surface area contributed by atoms with Crippen LogP contribution < -0.4 is 10.6 Å². The third-order valence-electron chi connectivity index (χ3n) is 4.01. The van der Waals surface area contributed by atoms with E-state index in [4.69, 9.17) is 5.11 Å². The Morgan fingerprint density at radius 1 is 1.41 bits per heavy atom. The van der Waals surface area contributed by atoms with Gasteiger partial charge in [-0.25, -0.2) is 9.59 Å². The number of carboxylic acid groups (broad SMARTS) is 1. The standard InChI is InChI=1S/C12H20N2O3/c1-2-12(6-3-7-12)14-11(17)13-9(10(15)16)8-4-5-8/h8-9H,2-7H2,1H3,(H,15,16)(H2,13,14,17). The molecular formula is C12H20N2O3. The van der Waals surface area contributed by atoms with E-state index in [0.717, 1.165) is 38.5 Å². The van der Waals surface area contributed by atoms with Crippen molar-refractivity contribution in [2.24, 2.45) is 5.92 Å².